The highest BCUT2D eigenvalue weighted by molar-refractivity contribution is 5.94. The lowest BCUT2D eigenvalue weighted by Gasteiger charge is -2.34. The molecule has 1 saturated heterocycles. The maximum Gasteiger partial charge on any atom is 0.330 e. The molecule has 0 saturated carbocycles. The second kappa shape index (κ2) is 6.22. The van der Waals surface area contributed by atoms with Gasteiger partial charge in [-0.15, -0.1) is 5.06 Å². The largest absolute Gasteiger partial charge is 0.367 e. The Hall–Kier alpha value is -1.95. The van der Waals surface area contributed by atoms with E-state index in [4.69, 9.17) is 4.84 Å². The highest BCUT2D eigenvalue weighted by Crippen LogP contribution is 2.17. The molecule has 0 unspecified atom stereocenters. The highest BCUT2D eigenvalue weighted by Gasteiger charge is 2.29. The van der Waals surface area contributed by atoms with Crippen LogP contribution in [0.2, 0.25) is 0 Å². The molecule has 0 N–H and O–H groups in total. The van der Waals surface area contributed by atoms with Gasteiger partial charge in [0.25, 0.3) is 5.91 Å². The first-order valence-corrected chi connectivity index (χ1v) is 7.04. The van der Waals surface area contributed by atoms with E-state index in [-0.39, 0.29) is 11.9 Å². The fraction of sp³-hybridized carbons (Fsp3) is 0.533. The molecule has 0 radical (unpaired) electrons. The molecular formula is C15H21N3O3. The SMILES string of the molecule is CC(C)(C)C(=O)ON1CCN(C(=O)c2ccncc2)CC1. The highest BCUT2D eigenvalue weighted by atomic mass is 16.7. The van der Waals surface area contributed by atoms with Crippen molar-refractivity contribution >= 4 is 11.9 Å². The minimum atomic E-state index is -0.524. The maximum absolute atomic E-state index is 12.3. The van der Waals surface area contributed by atoms with E-state index in [2.05, 4.69) is 4.98 Å². The number of pyridine rings is 1. The normalized spacial score (nSPS) is 16.6. The van der Waals surface area contributed by atoms with Crippen LogP contribution in [-0.4, -0.2) is 53.0 Å². The molecule has 6 nitrogen and oxygen atoms in total. The summed E-state index contributed by atoms with van der Waals surface area (Å²) in [5.41, 5.74) is 0.106. The van der Waals surface area contributed by atoms with Crippen molar-refractivity contribution in [1.82, 2.24) is 14.9 Å². The molecule has 1 aromatic heterocycles. The monoisotopic (exact) mass is 291 g/mol. The summed E-state index contributed by atoms with van der Waals surface area (Å²) in [4.78, 5) is 35.1. The average Bonchev–Trinajstić information content (AvgIpc) is 2.47. The summed E-state index contributed by atoms with van der Waals surface area (Å²) in [7, 11) is 0. The predicted molar refractivity (Wildman–Crippen MR) is 77.3 cm³/mol. The number of hydrogen-bond acceptors (Lipinski definition) is 5. The van der Waals surface area contributed by atoms with Crippen LogP contribution in [0.1, 0.15) is 31.1 Å². The zero-order valence-electron chi connectivity index (χ0n) is 12.7. The van der Waals surface area contributed by atoms with Crippen LogP contribution < -0.4 is 0 Å². The van der Waals surface area contributed by atoms with Crippen LogP contribution >= 0.6 is 0 Å². The van der Waals surface area contributed by atoms with E-state index in [9.17, 15) is 9.59 Å². The molecule has 0 aromatic carbocycles. The summed E-state index contributed by atoms with van der Waals surface area (Å²) in [6.45, 7) is 7.59. The number of aromatic nitrogens is 1. The molecule has 0 spiro atoms. The van der Waals surface area contributed by atoms with Crippen LogP contribution in [0.15, 0.2) is 24.5 Å². The molecule has 2 rings (SSSR count). The van der Waals surface area contributed by atoms with Crippen molar-refractivity contribution in [3.8, 4) is 0 Å². The van der Waals surface area contributed by atoms with E-state index in [1.807, 2.05) is 20.8 Å². The number of hydroxylamine groups is 2. The van der Waals surface area contributed by atoms with Gasteiger partial charge in [-0.25, -0.2) is 4.79 Å². The maximum atomic E-state index is 12.3. The van der Waals surface area contributed by atoms with Crippen LogP contribution in [0.5, 0.6) is 0 Å². The van der Waals surface area contributed by atoms with E-state index < -0.39 is 5.41 Å². The Kier molecular flexibility index (Phi) is 4.57. The van der Waals surface area contributed by atoms with Crippen molar-refractivity contribution in [2.75, 3.05) is 26.2 Å². The van der Waals surface area contributed by atoms with E-state index >= 15 is 0 Å². The Morgan fingerprint density at radius 3 is 2.19 bits per heavy atom. The quantitative estimate of drug-likeness (QED) is 0.823. The minimum absolute atomic E-state index is 0.0146. The Labute approximate surface area is 124 Å². The standard InChI is InChI=1S/C15H21N3O3/c1-15(2,3)14(20)21-18-10-8-17(9-11-18)13(19)12-4-6-16-7-5-12/h4-7H,8-11H2,1-3H3. The molecule has 1 aliphatic rings. The van der Waals surface area contributed by atoms with Crippen molar-refractivity contribution in [2.24, 2.45) is 5.41 Å². The second-order valence-corrected chi connectivity index (χ2v) is 6.09. The molecule has 0 aliphatic carbocycles. The van der Waals surface area contributed by atoms with Gasteiger partial charge in [0.05, 0.1) is 18.5 Å². The van der Waals surface area contributed by atoms with Gasteiger partial charge in [0.15, 0.2) is 0 Å². The number of amides is 1. The van der Waals surface area contributed by atoms with Crippen LogP contribution in [0.4, 0.5) is 0 Å². The number of carbonyl (C=O) groups excluding carboxylic acids is 2. The van der Waals surface area contributed by atoms with Crippen molar-refractivity contribution in [1.29, 1.82) is 0 Å². The second-order valence-electron chi connectivity index (χ2n) is 6.09. The van der Waals surface area contributed by atoms with E-state index in [0.29, 0.717) is 31.7 Å². The molecule has 0 bridgehead atoms. The molecule has 1 aliphatic heterocycles. The lowest BCUT2D eigenvalue weighted by Crippen LogP contribution is -2.49. The lowest BCUT2D eigenvalue weighted by atomic mass is 9.98. The molecule has 1 amide bonds. The molecule has 6 heteroatoms. The summed E-state index contributed by atoms with van der Waals surface area (Å²) in [5, 5.41) is 1.63. The average molecular weight is 291 g/mol. The van der Waals surface area contributed by atoms with Crippen LogP contribution in [0, 0.1) is 5.41 Å². The van der Waals surface area contributed by atoms with E-state index in [0.717, 1.165) is 0 Å². The third-order valence-corrected chi connectivity index (χ3v) is 3.28. The Bertz CT molecular complexity index is 503. The number of carbonyl (C=O) groups is 2. The summed E-state index contributed by atoms with van der Waals surface area (Å²) in [5.74, 6) is -0.268. The van der Waals surface area contributed by atoms with Crippen LogP contribution in [0.3, 0.4) is 0 Å². The van der Waals surface area contributed by atoms with Gasteiger partial charge in [-0.1, -0.05) is 0 Å². The fourth-order valence-electron chi connectivity index (χ4n) is 1.91. The van der Waals surface area contributed by atoms with Crippen molar-refractivity contribution in [2.45, 2.75) is 20.8 Å². The third-order valence-electron chi connectivity index (χ3n) is 3.28. The van der Waals surface area contributed by atoms with Crippen LogP contribution in [0.25, 0.3) is 0 Å². The van der Waals surface area contributed by atoms with Crippen molar-refractivity contribution < 1.29 is 14.4 Å². The van der Waals surface area contributed by atoms with Gasteiger partial charge < -0.3 is 9.74 Å². The summed E-state index contributed by atoms with van der Waals surface area (Å²) >= 11 is 0. The molecule has 21 heavy (non-hydrogen) atoms. The van der Waals surface area contributed by atoms with Gasteiger partial charge in [0.2, 0.25) is 0 Å². The molecule has 1 aromatic rings. The molecule has 0 atom stereocenters. The first-order valence-electron chi connectivity index (χ1n) is 7.04. The fourth-order valence-corrected chi connectivity index (χ4v) is 1.91. The van der Waals surface area contributed by atoms with Crippen molar-refractivity contribution in [3.63, 3.8) is 0 Å². The molecule has 2 heterocycles. The first kappa shape index (κ1) is 15.4. The Morgan fingerprint density at radius 1 is 1.10 bits per heavy atom. The topological polar surface area (TPSA) is 62.7 Å². The number of piperazine rings is 1. The van der Waals surface area contributed by atoms with Gasteiger partial charge in [-0.2, -0.15) is 0 Å². The van der Waals surface area contributed by atoms with Crippen LogP contribution in [-0.2, 0) is 9.63 Å². The predicted octanol–water partition coefficient (Wildman–Crippen LogP) is 1.34. The molecule has 1 fully saturated rings. The lowest BCUT2D eigenvalue weighted by molar-refractivity contribution is -0.205. The van der Waals surface area contributed by atoms with Gasteiger partial charge in [0, 0.05) is 31.0 Å². The summed E-state index contributed by atoms with van der Waals surface area (Å²) in [6, 6.07) is 3.41. The number of nitrogens with zero attached hydrogens (tertiary/aromatic N) is 3. The smallest absolute Gasteiger partial charge is 0.330 e. The zero-order chi connectivity index (χ0) is 15.5. The number of rotatable bonds is 2. The van der Waals surface area contributed by atoms with Crippen molar-refractivity contribution in [3.05, 3.63) is 30.1 Å². The first-order chi connectivity index (χ1) is 9.88. The minimum Gasteiger partial charge on any atom is -0.367 e. The van der Waals surface area contributed by atoms with E-state index in [1.54, 1.807) is 34.5 Å². The van der Waals surface area contributed by atoms with Gasteiger partial charge >= 0.3 is 5.97 Å². The van der Waals surface area contributed by atoms with Gasteiger partial charge in [-0.05, 0) is 32.9 Å². The Balaban J connectivity index is 1.86. The third kappa shape index (κ3) is 4.01. The van der Waals surface area contributed by atoms with Gasteiger partial charge in [-0.3, -0.25) is 9.78 Å². The molecular weight excluding hydrogens is 270 g/mol. The molecule has 114 valence electrons. The summed E-state index contributed by atoms with van der Waals surface area (Å²) < 4.78 is 0. The Morgan fingerprint density at radius 2 is 1.67 bits per heavy atom. The number of hydrogen-bond donors (Lipinski definition) is 0. The zero-order valence-corrected chi connectivity index (χ0v) is 12.7. The van der Waals surface area contributed by atoms with E-state index in [1.165, 1.54) is 0 Å². The van der Waals surface area contributed by atoms with Gasteiger partial charge in [0.1, 0.15) is 0 Å². The summed E-state index contributed by atoms with van der Waals surface area (Å²) in [6.07, 6.45) is 3.21.